The number of aliphatic hydroxyl groups is 1. The Labute approximate surface area is 199 Å². The Kier molecular flexibility index (Phi) is 7.49. The number of nitrogens with zero attached hydrogens (tertiary/aromatic N) is 1. The fourth-order valence-electron chi connectivity index (χ4n) is 3.90. The smallest absolute Gasteiger partial charge is 0.221 e. The molecule has 1 aliphatic carbocycles. The van der Waals surface area contributed by atoms with E-state index in [1.165, 1.54) is 0 Å². The summed E-state index contributed by atoms with van der Waals surface area (Å²) in [4.78, 5) is 16.3. The molecule has 0 aliphatic heterocycles. The maximum Gasteiger partial charge on any atom is 0.221 e. The first kappa shape index (κ1) is 23.8. The maximum absolute atomic E-state index is 11.8. The Morgan fingerprint density at radius 1 is 1.24 bits per heavy atom. The third-order valence-electron chi connectivity index (χ3n) is 5.91. The molecule has 8 nitrogen and oxygen atoms in total. The summed E-state index contributed by atoms with van der Waals surface area (Å²) >= 11 is 0. The number of ether oxygens (including phenoxy) is 2. The summed E-state index contributed by atoms with van der Waals surface area (Å²) in [5.74, 6) is 0.569. The zero-order valence-electron chi connectivity index (χ0n) is 19.6. The van der Waals surface area contributed by atoms with Gasteiger partial charge in [-0.2, -0.15) is 0 Å². The van der Waals surface area contributed by atoms with Gasteiger partial charge in [0.1, 0.15) is 12.7 Å². The molecule has 1 unspecified atom stereocenters. The van der Waals surface area contributed by atoms with E-state index < -0.39 is 12.0 Å². The monoisotopic (exact) mass is 464 g/mol. The quantitative estimate of drug-likeness (QED) is 0.325. The lowest BCUT2D eigenvalue weighted by Gasteiger charge is -2.19. The van der Waals surface area contributed by atoms with Gasteiger partial charge in [0.05, 0.1) is 24.7 Å². The van der Waals surface area contributed by atoms with Crippen LogP contribution in [0.1, 0.15) is 30.9 Å². The maximum atomic E-state index is 11.8. The number of hydrogen-bond donors (Lipinski definition) is 4. The van der Waals surface area contributed by atoms with Gasteiger partial charge >= 0.3 is 0 Å². The largest absolute Gasteiger partial charge is 0.493 e. The number of methoxy groups -OCH3 is 1. The SMILES string of the molecule is CCc1ccccc1Nc1c(CC(N)=O)cnc2cc(OC)c(OCC(O)CNC3CC3)cc12. The van der Waals surface area contributed by atoms with Gasteiger partial charge in [-0.25, -0.2) is 0 Å². The molecular formula is C26H32N4O4. The van der Waals surface area contributed by atoms with Gasteiger partial charge in [-0.15, -0.1) is 0 Å². The van der Waals surface area contributed by atoms with E-state index in [-0.39, 0.29) is 13.0 Å². The summed E-state index contributed by atoms with van der Waals surface area (Å²) in [6, 6.07) is 12.2. The number of fused-ring (bicyclic) bond motifs is 1. The highest BCUT2D eigenvalue weighted by Crippen LogP contribution is 2.38. The average molecular weight is 465 g/mol. The first-order valence-electron chi connectivity index (χ1n) is 11.7. The predicted octanol–water partition coefficient (Wildman–Crippen LogP) is 3.07. The Hall–Kier alpha value is -3.36. The van der Waals surface area contributed by atoms with Crippen molar-refractivity contribution in [3.05, 3.63) is 53.7 Å². The van der Waals surface area contributed by atoms with E-state index in [1.807, 2.05) is 24.3 Å². The van der Waals surface area contributed by atoms with Gasteiger partial charge in [-0.3, -0.25) is 9.78 Å². The van der Waals surface area contributed by atoms with Crippen molar-refractivity contribution in [1.82, 2.24) is 10.3 Å². The molecule has 1 atom stereocenters. The summed E-state index contributed by atoms with van der Waals surface area (Å²) in [6.45, 7) is 2.69. The van der Waals surface area contributed by atoms with Crippen LogP contribution in [0, 0.1) is 0 Å². The highest BCUT2D eigenvalue weighted by molar-refractivity contribution is 5.98. The fraction of sp³-hybridized carbons (Fsp3) is 0.385. The lowest BCUT2D eigenvalue weighted by atomic mass is 10.0. The molecule has 0 saturated heterocycles. The minimum Gasteiger partial charge on any atom is -0.493 e. The standard InChI is InChI=1S/C26H32N4O4/c1-3-16-6-4-5-7-21(16)30-26-17(10-25(27)32)13-29-22-12-23(33-2)24(11-20(22)26)34-15-19(31)14-28-18-8-9-18/h4-7,11-13,18-19,28,31H,3,8-10,14-15H2,1-2H3,(H2,27,32)(H,29,30). The number of primary amides is 1. The van der Waals surface area contributed by atoms with Gasteiger partial charge in [-0.1, -0.05) is 25.1 Å². The third-order valence-corrected chi connectivity index (χ3v) is 5.91. The molecule has 1 saturated carbocycles. The highest BCUT2D eigenvalue weighted by Gasteiger charge is 2.22. The normalized spacial score (nSPS) is 14.1. The van der Waals surface area contributed by atoms with Crippen molar-refractivity contribution in [2.24, 2.45) is 5.73 Å². The van der Waals surface area contributed by atoms with Crippen molar-refractivity contribution in [2.75, 3.05) is 25.6 Å². The second-order valence-corrected chi connectivity index (χ2v) is 8.60. The second-order valence-electron chi connectivity index (χ2n) is 8.60. The number of para-hydroxylation sites is 1. The van der Waals surface area contributed by atoms with E-state index in [0.717, 1.165) is 41.6 Å². The topological polar surface area (TPSA) is 119 Å². The molecule has 1 aromatic heterocycles. The Balaban J connectivity index is 1.70. The van der Waals surface area contributed by atoms with Gasteiger partial charge in [-0.05, 0) is 37.0 Å². The van der Waals surface area contributed by atoms with Crippen molar-refractivity contribution >= 4 is 28.2 Å². The number of amides is 1. The van der Waals surface area contributed by atoms with Gasteiger partial charge in [0.25, 0.3) is 0 Å². The number of carbonyl (C=O) groups excluding carboxylic acids is 1. The molecule has 0 bridgehead atoms. The molecule has 1 aliphatic rings. The van der Waals surface area contributed by atoms with Crippen molar-refractivity contribution < 1.29 is 19.4 Å². The van der Waals surface area contributed by atoms with Crippen LogP contribution >= 0.6 is 0 Å². The number of benzene rings is 2. The number of anilines is 2. The predicted molar refractivity (Wildman–Crippen MR) is 133 cm³/mol. The van der Waals surface area contributed by atoms with Gasteiger partial charge in [0.15, 0.2) is 11.5 Å². The number of carbonyl (C=O) groups is 1. The molecule has 180 valence electrons. The number of nitrogens with one attached hydrogen (secondary N) is 2. The highest BCUT2D eigenvalue weighted by atomic mass is 16.5. The third kappa shape index (κ3) is 5.76. The molecule has 1 heterocycles. The first-order chi connectivity index (χ1) is 16.5. The van der Waals surface area contributed by atoms with Crippen LogP contribution in [-0.2, 0) is 17.6 Å². The number of aliphatic hydroxyl groups excluding tert-OH is 1. The van der Waals surface area contributed by atoms with E-state index in [9.17, 15) is 9.90 Å². The van der Waals surface area contributed by atoms with Crippen LogP contribution in [0.25, 0.3) is 10.9 Å². The summed E-state index contributed by atoms with van der Waals surface area (Å²) < 4.78 is 11.5. The fourth-order valence-corrected chi connectivity index (χ4v) is 3.90. The molecule has 0 radical (unpaired) electrons. The first-order valence-corrected chi connectivity index (χ1v) is 11.7. The molecule has 2 aromatic carbocycles. The van der Waals surface area contributed by atoms with Crippen molar-refractivity contribution in [2.45, 2.75) is 44.8 Å². The lowest BCUT2D eigenvalue weighted by Crippen LogP contribution is -2.32. The lowest BCUT2D eigenvalue weighted by molar-refractivity contribution is -0.117. The molecular weight excluding hydrogens is 432 g/mol. The van der Waals surface area contributed by atoms with Gasteiger partial charge in [0.2, 0.25) is 5.91 Å². The number of aromatic nitrogens is 1. The van der Waals surface area contributed by atoms with E-state index in [2.05, 4.69) is 28.6 Å². The zero-order valence-corrected chi connectivity index (χ0v) is 19.6. The minimum atomic E-state index is -0.644. The van der Waals surface area contributed by atoms with Crippen LogP contribution in [0.5, 0.6) is 11.5 Å². The van der Waals surface area contributed by atoms with Crippen molar-refractivity contribution in [3.8, 4) is 11.5 Å². The summed E-state index contributed by atoms with van der Waals surface area (Å²) in [5.41, 5.74) is 9.74. The molecule has 4 rings (SSSR count). The Bertz CT molecular complexity index is 1160. The Morgan fingerprint density at radius 3 is 2.74 bits per heavy atom. The van der Waals surface area contributed by atoms with Crippen LogP contribution in [0.3, 0.4) is 0 Å². The molecule has 5 N–H and O–H groups in total. The van der Waals surface area contributed by atoms with E-state index in [4.69, 9.17) is 15.2 Å². The molecule has 1 fully saturated rings. The number of rotatable bonds is 12. The minimum absolute atomic E-state index is 0.0489. The van der Waals surface area contributed by atoms with Gasteiger partial charge in [0, 0.05) is 41.5 Å². The van der Waals surface area contributed by atoms with E-state index in [0.29, 0.717) is 35.2 Å². The van der Waals surface area contributed by atoms with Crippen LogP contribution < -0.4 is 25.8 Å². The zero-order chi connectivity index (χ0) is 24.1. The molecule has 0 spiro atoms. The number of pyridine rings is 1. The van der Waals surface area contributed by atoms with Crippen molar-refractivity contribution in [1.29, 1.82) is 0 Å². The summed E-state index contributed by atoms with van der Waals surface area (Å²) in [5, 5.41) is 17.9. The summed E-state index contributed by atoms with van der Waals surface area (Å²) in [7, 11) is 1.57. The molecule has 34 heavy (non-hydrogen) atoms. The second kappa shape index (κ2) is 10.7. The van der Waals surface area contributed by atoms with E-state index >= 15 is 0 Å². The van der Waals surface area contributed by atoms with Crippen LogP contribution in [0.15, 0.2) is 42.6 Å². The van der Waals surface area contributed by atoms with Crippen molar-refractivity contribution in [3.63, 3.8) is 0 Å². The Morgan fingerprint density at radius 2 is 2.03 bits per heavy atom. The van der Waals surface area contributed by atoms with Crippen LogP contribution in [0.2, 0.25) is 0 Å². The molecule has 3 aromatic rings. The number of aryl methyl sites for hydroxylation is 1. The average Bonchev–Trinajstić information content (AvgIpc) is 3.67. The number of hydrogen-bond acceptors (Lipinski definition) is 7. The van der Waals surface area contributed by atoms with Crippen LogP contribution in [0.4, 0.5) is 11.4 Å². The summed E-state index contributed by atoms with van der Waals surface area (Å²) in [6.07, 6.45) is 4.24. The van der Waals surface area contributed by atoms with E-state index in [1.54, 1.807) is 19.4 Å². The molecule has 1 amide bonds. The molecule has 8 heteroatoms. The van der Waals surface area contributed by atoms with Gasteiger partial charge < -0.3 is 30.9 Å². The van der Waals surface area contributed by atoms with Crippen LogP contribution in [-0.4, -0.2) is 48.4 Å². The number of nitrogens with two attached hydrogens (primary N) is 1.